The minimum absolute atomic E-state index is 0.0903. The Morgan fingerprint density at radius 3 is 1.88 bits per heavy atom. The van der Waals surface area contributed by atoms with Crippen LogP contribution < -0.4 is 0 Å². The van der Waals surface area contributed by atoms with Gasteiger partial charge in [0.2, 0.25) is 0 Å². The summed E-state index contributed by atoms with van der Waals surface area (Å²) in [4.78, 5) is 20.6. The van der Waals surface area contributed by atoms with Crippen LogP contribution in [-0.4, -0.2) is 23.7 Å². The third-order valence-electron chi connectivity index (χ3n) is 1.91. The van der Waals surface area contributed by atoms with E-state index in [-0.39, 0.29) is 11.9 Å². The molecular formula is C12H24O4. The number of ether oxygens (including phenoxy) is 1. The van der Waals surface area contributed by atoms with Crippen molar-refractivity contribution in [2.45, 2.75) is 47.5 Å². The highest BCUT2D eigenvalue weighted by Gasteiger charge is 2.05. The van der Waals surface area contributed by atoms with E-state index in [2.05, 4.69) is 0 Å². The smallest absolute Gasteiger partial charge is 0.306 e. The zero-order valence-corrected chi connectivity index (χ0v) is 10.9. The molecule has 0 fully saturated rings. The summed E-state index contributed by atoms with van der Waals surface area (Å²) < 4.78 is 4.71. The van der Waals surface area contributed by atoms with Gasteiger partial charge in [0.1, 0.15) is 0 Å². The fourth-order valence-electron chi connectivity index (χ4n) is 0.728. The van der Waals surface area contributed by atoms with Gasteiger partial charge in [-0.05, 0) is 19.3 Å². The van der Waals surface area contributed by atoms with Crippen LogP contribution in [0.5, 0.6) is 0 Å². The molecule has 0 aromatic rings. The van der Waals surface area contributed by atoms with E-state index in [1.165, 1.54) is 0 Å². The standard InChI is InChI=1S/C7H14O2.C5H10O2/c1-4-9-7(8)5-6(2)3;1-3-4(2)5(6)7/h6H,4-5H2,1-3H3;4H,3H2,1-2H3,(H,6,7). The van der Waals surface area contributed by atoms with Gasteiger partial charge in [0, 0.05) is 6.42 Å². The van der Waals surface area contributed by atoms with Crippen molar-refractivity contribution in [1.29, 1.82) is 0 Å². The Morgan fingerprint density at radius 2 is 1.69 bits per heavy atom. The van der Waals surface area contributed by atoms with Crippen molar-refractivity contribution in [2.24, 2.45) is 11.8 Å². The molecule has 0 aliphatic rings. The molecule has 0 heterocycles. The Kier molecular flexibility index (Phi) is 11.3. The lowest BCUT2D eigenvalue weighted by Crippen LogP contribution is -2.06. The number of hydrogen-bond donors (Lipinski definition) is 1. The molecular weight excluding hydrogens is 208 g/mol. The molecule has 96 valence electrons. The molecule has 0 radical (unpaired) electrons. The number of carboxylic acids is 1. The van der Waals surface area contributed by atoms with Gasteiger partial charge in [0.05, 0.1) is 12.5 Å². The largest absolute Gasteiger partial charge is 0.481 e. The Morgan fingerprint density at radius 1 is 1.19 bits per heavy atom. The molecule has 0 rings (SSSR count). The zero-order chi connectivity index (χ0) is 13.1. The quantitative estimate of drug-likeness (QED) is 0.740. The lowest BCUT2D eigenvalue weighted by atomic mass is 10.1. The van der Waals surface area contributed by atoms with E-state index in [1.54, 1.807) is 6.92 Å². The van der Waals surface area contributed by atoms with E-state index in [0.29, 0.717) is 18.9 Å². The maximum Gasteiger partial charge on any atom is 0.306 e. The molecule has 0 aromatic heterocycles. The summed E-state index contributed by atoms with van der Waals surface area (Å²) >= 11 is 0. The number of rotatable bonds is 5. The maximum atomic E-state index is 10.6. The molecule has 0 saturated carbocycles. The van der Waals surface area contributed by atoms with Gasteiger partial charge >= 0.3 is 11.9 Å². The van der Waals surface area contributed by atoms with E-state index in [4.69, 9.17) is 9.84 Å². The average Bonchev–Trinajstić information content (AvgIpc) is 2.16. The highest BCUT2D eigenvalue weighted by molar-refractivity contribution is 5.69. The highest BCUT2D eigenvalue weighted by Crippen LogP contribution is 2.00. The molecule has 0 saturated heterocycles. The Bertz CT molecular complexity index is 199. The number of esters is 1. The van der Waals surface area contributed by atoms with Crippen LogP contribution in [0.4, 0.5) is 0 Å². The Hall–Kier alpha value is -1.06. The SMILES string of the molecule is CCC(C)C(=O)O.CCOC(=O)CC(C)C. The minimum atomic E-state index is -0.706. The monoisotopic (exact) mass is 232 g/mol. The number of carboxylic acid groups (broad SMARTS) is 1. The molecule has 4 nitrogen and oxygen atoms in total. The molecule has 0 bridgehead atoms. The molecule has 16 heavy (non-hydrogen) atoms. The summed E-state index contributed by atoms with van der Waals surface area (Å²) in [6.07, 6.45) is 1.25. The lowest BCUT2D eigenvalue weighted by Gasteiger charge is -2.02. The van der Waals surface area contributed by atoms with E-state index < -0.39 is 5.97 Å². The first-order valence-electron chi connectivity index (χ1n) is 5.73. The second kappa shape index (κ2) is 10.5. The van der Waals surface area contributed by atoms with Gasteiger partial charge in [-0.25, -0.2) is 0 Å². The number of hydrogen-bond acceptors (Lipinski definition) is 3. The maximum absolute atomic E-state index is 10.6. The highest BCUT2D eigenvalue weighted by atomic mass is 16.5. The Labute approximate surface area is 98.0 Å². The Balaban J connectivity index is 0. The summed E-state index contributed by atoms with van der Waals surface area (Å²) in [5.41, 5.74) is 0. The summed E-state index contributed by atoms with van der Waals surface area (Å²) in [7, 11) is 0. The van der Waals surface area contributed by atoms with Crippen molar-refractivity contribution in [2.75, 3.05) is 6.61 Å². The first kappa shape index (κ1) is 17.3. The molecule has 4 heteroatoms. The first-order valence-corrected chi connectivity index (χ1v) is 5.73. The van der Waals surface area contributed by atoms with Crippen molar-refractivity contribution >= 4 is 11.9 Å². The van der Waals surface area contributed by atoms with Crippen LogP contribution in [0, 0.1) is 11.8 Å². The van der Waals surface area contributed by atoms with Gasteiger partial charge in [-0.1, -0.05) is 27.7 Å². The summed E-state index contributed by atoms with van der Waals surface area (Å²) in [6, 6.07) is 0. The molecule has 1 N–H and O–H groups in total. The van der Waals surface area contributed by atoms with Gasteiger partial charge < -0.3 is 9.84 Å². The van der Waals surface area contributed by atoms with Crippen LogP contribution in [0.15, 0.2) is 0 Å². The van der Waals surface area contributed by atoms with E-state index in [0.717, 1.165) is 6.42 Å². The molecule has 0 amide bonds. The van der Waals surface area contributed by atoms with Gasteiger partial charge in [-0.15, -0.1) is 0 Å². The first-order chi connectivity index (χ1) is 7.34. The summed E-state index contributed by atoms with van der Waals surface area (Å²) in [5.74, 6) is -0.570. The van der Waals surface area contributed by atoms with Crippen LogP contribution in [0.25, 0.3) is 0 Å². The summed E-state index contributed by atoms with van der Waals surface area (Å²) in [6.45, 7) is 9.86. The van der Waals surface area contributed by atoms with Crippen molar-refractivity contribution in [3.8, 4) is 0 Å². The van der Waals surface area contributed by atoms with Gasteiger partial charge in [0.25, 0.3) is 0 Å². The van der Waals surface area contributed by atoms with Crippen molar-refractivity contribution < 1.29 is 19.4 Å². The minimum Gasteiger partial charge on any atom is -0.481 e. The normalized spacial score (nSPS) is 11.4. The molecule has 0 aliphatic heterocycles. The molecule has 1 unspecified atom stereocenters. The van der Waals surface area contributed by atoms with Crippen LogP contribution in [0.3, 0.4) is 0 Å². The molecule has 1 atom stereocenters. The number of aliphatic carboxylic acids is 1. The predicted molar refractivity (Wildman–Crippen MR) is 63.2 cm³/mol. The van der Waals surface area contributed by atoms with Crippen LogP contribution in [0.1, 0.15) is 47.5 Å². The molecule has 0 aromatic carbocycles. The van der Waals surface area contributed by atoms with E-state index in [1.807, 2.05) is 27.7 Å². The zero-order valence-electron chi connectivity index (χ0n) is 10.9. The van der Waals surface area contributed by atoms with Gasteiger partial charge in [-0.3, -0.25) is 9.59 Å². The van der Waals surface area contributed by atoms with Crippen molar-refractivity contribution in [1.82, 2.24) is 0 Å². The van der Waals surface area contributed by atoms with Crippen molar-refractivity contribution in [3.05, 3.63) is 0 Å². The van der Waals surface area contributed by atoms with Crippen LogP contribution in [-0.2, 0) is 14.3 Å². The second-order valence-corrected chi connectivity index (χ2v) is 4.05. The van der Waals surface area contributed by atoms with E-state index >= 15 is 0 Å². The second-order valence-electron chi connectivity index (χ2n) is 4.05. The van der Waals surface area contributed by atoms with Gasteiger partial charge in [-0.2, -0.15) is 0 Å². The number of carbonyl (C=O) groups excluding carboxylic acids is 1. The van der Waals surface area contributed by atoms with Crippen LogP contribution in [0.2, 0.25) is 0 Å². The third kappa shape index (κ3) is 12.9. The topological polar surface area (TPSA) is 63.6 Å². The molecule has 0 aliphatic carbocycles. The average molecular weight is 232 g/mol. The van der Waals surface area contributed by atoms with Crippen LogP contribution >= 0.6 is 0 Å². The van der Waals surface area contributed by atoms with Gasteiger partial charge in [0.15, 0.2) is 0 Å². The fourth-order valence-corrected chi connectivity index (χ4v) is 0.728. The number of carbonyl (C=O) groups is 2. The lowest BCUT2D eigenvalue weighted by molar-refractivity contribution is -0.144. The van der Waals surface area contributed by atoms with Crippen molar-refractivity contribution in [3.63, 3.8) is 0 Å². The third-order valence-corrected chi connectivity index (χ3v) is 1.91. The molecule has 0 spiro atoms. The van der Waals surface area contributed by atoms with E-state index in [9.17, 15) is 9.59 Å². The predicted octanol–water partition coefficient (Wildman–Crippen LogP) is 2.71. The summed E-state index contributed by atoms with van der Waals surface area (Å²) in [5, 5.41) is 8.18. The fraction of sp³-hybridized carbons (Fsp3) is 0.833.